The molecule has 0 saturated carbocycles. The predicted molar refractivity (Wildman–Crippen MR) is 140 cm³/mol. The molecule has 35 heavy (non-hydrogen) atoms. The van der Waals surface area contributed by atoms with Crippen molar-refractivity contribution in [3.8, 4) is 0 Å². The Kier molecular flexibility index (Phi) is 6.53. The number of hydrogen-bond acceptors (Lipinski definition) is 4. The fourth-order valence-electron chi connectivity index (χ4n) is 5.03. The van der Waals surface area contributed by atoms with Crippen LogP contribution in [0.15, 0.2) is 60.8 Å². The number of fused-ring (bicyclic) bond motifs is 1. The molecule has 6 nitrogen and oxygen atoms in total. The summed E-state index contributed by atoms with van der Waals surface area (Å²) >= 11 is 0. The first-order valence-corrected chi connectivity index (χ1v) is 12.5. The minimum atomic E-state index is -0.0975. The summed E-state index contributed by atoms with van der Waals surface area (Å²) < 4.78 is 0. The number of pyridine rings is 1. The highest BCUT2D eigenvalue weighted by atomic mass is 16.2. The number of aryl methyl sites for hydroxylation is 1. The molecule has 5 rings (SSSR count). The molecule has 2 aliphatic heterocycles. The number of amides is 2. The summed E-state index contributed by atoms with van der Waals surface area (Å²) in [5.41, 5.74) is 6.40. The van der Waals surface area contributed by atoms with Gasteiger partial charge in [0, 0.05) is 48.6 Å². The van der Waals surface area contributed by atoms with E-state index in [-0.39, 0.29) is 18.2 Å². The normalized spacial score (nSPS) is 15.7. The quantitative estimate of drug-likeness (QED) is 0.572. The number of carbonyl (C=O) groups excluding carboxylic acids is 2. The van der Waals surface area contributed by atoms with Gasteiger partial charge in [0.25, 0.3) is 5.91 Å². The van der Waals surface area contributed by atoms with Crippen LogP contribution in [0.2, 0.25) is 0 Å². The highest BCUT2D eigenvalue weighted by molar-refractivity contribution is 6.08. The zero-order valence-corrected chi connectivity index (χ0v) is 20.5. The Labute approximate surface area is 207 Å². The summed E-state index contributed by atoms with van der Waals surface area (Å²) in [5, 5.41) is 3.10. The molecule has 1 fully saturated rings. The van der Waals surface area contributed by atoms with E-state index >= 15 is 0 Å². The molecule has 2 aliphatic rings. The lowest BCUT2D eigenvalue weighted by molar-refractivity contribution is -0.117. The zero-order chi connectivity index (χ0) is 24.4. The largest absolute Gasteiger partial charge is 0.371 e. The van der Waals surface area contributed by atoms with Crippen molar-refractivity contribution in [3.05, 3.63) is 83.2 Å². The molecule has 1 N–H and O–H groups in total. The third kappa shape index (κ3) is 5.06. The molecule has 2 amide bonds. The molecule has 0 aliphatic carbocycles. The van der Waals surface area contributed by atoms with Crippen molar-refractivity contribution in [3.63, 3.8) is 0 Å². The standard InChI is InChI=1S/C29H32N4O2/c1-20-10-14-32(15-11-20)27-17-21(2)6-8-25(27)29(35)31-24-7-9-26-22(18-24)12-16-33(26)28(34)19-23-5-3-4-13-30-23/h3-9,13,17-18,20H,10-12,14-16,19H2,1-2H3,(H,31,35). The minimum Gasteiger partial charge on any atom is -0.371 e. The summed E-state index contributed by atoms with van der Waals surface area (Å²) in [6.07, 6.45) is 5.06. The van der Waals surface area contributed by atoms with Gasteiger partial charge in [0.05, 0.1) is 12.0 Å². The zero-order valence-electron chi connectivity index (χ0n) is 20.5. The van der Waals surface area contributed by atoms with E-state index in [9.17, 15) is 9.59 Å². The van der Waals surface area contributed by atoms with Gasteiger partial charge in [-0.2, -0.15) is 0 Å². The van der Waals surface area contributed by atoms with Crippen LogP contribution in [0.5, 0.6) is 0 Å². The fourth-order valence-corrected chi connectivity index (χ4v) is 5.03. The molecule has 0 radical (unpaired) electrons. The number of hydrogen-bond donors (Lipinski definition) is 1. The molecule has 3 aromatic rings. The van der Waals surface area contributed by atoms with E-state index in [2.05, 4.69) is 35.1 Å². The maximum atomic E-state index is 13.3. The SMILES string of the molecule is Cc1ccc(C(=O)Nc2ccc3c(c2)CCN3C(=O)Cc2ccccn2)c(N2CCC(C)CC2)c1. The molecule has 1 saturated heterocycles. The van der Waals surface area contributed by atoms with Gasteiger partial charge in [0.2, 0.25) is 5.91 Å². The van der Waals surface area contributed by atoms with Gasteiger partial charge in [0.1, 0.15) is 0 Å². The van der Waals surface area contributed by atoms with Gasteiger partial charge in [-0.05, 0) is 85.7 Å². The number of piperidine rings is 1. The summed E-state index contributed by atoms with van der Waals surface area (Å²) in [4.78, 5) is 34.6. The Morgan fingerprint density at radius 2 is 1.83 bits per heavy atom. The Hall–Kier alpha value is -3.67. The monoisotopic (exact) mass is 468 g/mol. The maximum Gasteiger partial charge on any atom is 0.257 e. The van der Waals surface area contributed by atoms with Crippen molar-refractivity contribution < 1.29 is 9.59 Å². The first-order chi connectivity index (χ1) is 17.0. The van der Waals surface area contributed by atoms with Crippen molar-refractivity contribution in [2.45, 2.75) is 39.5 Å². The van der Waals surface area contributed by atoms with Gasteiger partial charge in [0.15, 0.2) is 0 Å². The number of aromatic nitrogens is 1. The smallest absolute Gasteiger partial charge is 0.257 e. The first kappa shape index (κ1) is 23.1. The molecule has 3 heterocycles. The van der Waals surface area contributed by atoms with Crippen LogP contribution >= 0.6 is 0 Å². The molecule has 1 aromatic heterocycles. The van der Waals surface area contributed by atoms with Gasteiger partial charge in [-0.1, -0.05) is 19.1 Å². The Morgan fingerprint density at radius 1 is 1.00 bits per heavy atom. The lowest BCUT2D eigenvalue weighted by atomic mass is 9.97. The van der Waals surface area contributed by atoms with Gasteiger partial charge in [-0.3, -0.25) is 14.6 Å². The van der Waals surface area contributed by atoms with Crippen molar-refractivity contribution >= 4 is 28.9 Å². The Bertz CT molecular complexity index is 1230. The van der Waals surface area contributed by atoms with Crippen LogP contribution in [0.3, 0.4) is 0 Å². The summed E-state index contributed by atoms with van der Waals surface area (Å²) in [7, 11) is 0. The number of anilines is 3. The van der Waals surface area contributed by atoms with Gasteiger partial charge in [-0.15, -0.1) is 0 Å². The minimum absolute atomic E-state index is 0.0411. The lowest BCUT2D eigenvalue weighted by Gasteiger charge is -2.33. The van der Waals surface area contributed by atoms with E-state index in [1.165, 1.54) is 0 Å². The van der Waals surface area contributed by atoms with Crippen LogP contribution < -0.4 is 15.1 Å². The van der Waals surface area contributed by atoms with Gasteiger partial charge in [-0.25, -0.2) is 0 Å². The highest BCUT2D eigenvalue weighted by Crippen LogP contribution is 2.32. The average molecular weight is 469 g/mol. The molecular weight excluding hydrogens is 436 g/mol. The van der Waals surface area contributed by atoms with E-state index in [4.69, 9.17) is 0 Å². The van der Waals surface area contributed by atoms with Crippen molar-refractivity contribution in [2.24, 2.45) is 5.92 Å². The summed E-state index contributed by atoms with van der Waals surface area (Å²) in [5.74, 6) is 0.675. The van der Waals surface area contributed by atoms with Crippen LogP contribution in [0, 0.1) is 12.8 Å². The lowest BCUT2D eigenvalue weighted by Crippen LogP contribution is -2.34. The van der Waals surface area contributed by atoms with Crippen LogP contribution in [-0.2, 0) is 17.6 Å². The Morgan fingerprint density at radius 3 is 2.60 bits per heavy atom. The molecular formula is C29H32N4O2. The predicted octanol–water partition coefficient (Wildman–Crippen LogP) is 5.01. The summed E-state index contributed by atoms with van der Waals surface area (Å²) in [6.45, 7) is 6.97. The van der Waals surface area contributed by atoms with Gasteiger partial charge < -0.3 is 15.1 Å². The van der Waals surface area contributed by atoms with Crippen LogP contribution in [-0.4, -0.2) is 36.4 Å². The Balaban J connectivity index is 1.31. The second-order valence-electron chi connectivity index (χ2n) is 9.78. The second kappa shape index (κ2) is 9.90. The number of rotatable bonds is 5. The van der Waals surface area contributed by atoms with Crippen LogP contribution in [0.1, 0.15) is 46.9 Å². The molecule has 6 heteroatoms. The van der Waals surface area contributed by atoms with Gasteiger partial charge >= 0.3 is 0 Å². The maximum absolute atomic E-state index is 13.3. The van der Waals surface area contributed by atoms with Crippen molar-refractivity contribution in [1.29, 1.82) is 0 Å². The molecule has 180 valence electrons. The first-order valence-electron chi connectivity index (χ1n) is 12.5. The number of carbonyl (C=O) groups is 2. The van der Waals surface area contributed by atoms with Crippen LogP contribution in [0.4, 0.5) is 17.1 Å². The third-order valence-corrected chi connectivity index (χ3v) is 7.11. The van der Waals surface area contributed by atoms with Crippen molar-refractivity contribution in [2.75, 3.05) is 34.8 Å². The van der Waals surface area contributed by atoms with E-state index in [0.717, 1.165) is 72.2 Å². The number of nitrogens with zero attached hydrogens (tertiary/aromatic N) is 3. The molecule has 0 unspecified atom stereocenters. The summed E-state index contributed by atoms with van der Waals surface area (Å²) in [6, 6.07) is 17.5. The average Bonchev–Trinajstić information content (AvgIpc) is 3.28. The number of benzene rings is 2. The van der Waals surface area contributed by atoms with E-state index < -0.39 is 0 Å². The fraction of sp³-hybridized carbons (Fsp3) is 0.345. The third-order valence-electron chi connectivity index (χ3n) is 7.11. The molecule has 0 atom stereocenters. The van der Waals surface area contributed by atoms with E-state index in [1.54, 1.807) is 6.20 Å². The highest BCUT2D eigenvalue weighted by Gasteiger charge is 2.26. The number of nitrogens with one attached hydrogen (secondary N) is 1. The molecule has 2 aromatic carbocycles. The van der Waals surface area contributed by atoms with Crippen molar-refractivity contribution in [1.82, 2.24) is 4.98 Å². The van der Waals surface area contributed by atoms with Crippen LogP contribution in [0.25, 0.3) is 0 Å². The van der Waals surface area contributed by atoms with E-state index in [0.29, 0.717) is 12.1 Å². The molecule has 0 spiro atoms. The topological polar surface area (TPSA) is 65.5 Å². The molecule has 0 bridgehead atoms. The van der Waals surface area contributed by atoms with E-state index in [1.807, 2.05) is 53.4 Å². The second-order valence-corrected chi connectivity index (χ2v) is 9.78.